The van der Waals surface area contributed by atoms with E-state index in [2.05, 4.69) is 5.32 Å². The zero-order valence-corrected chi connectivity index (χ0v) is 9.19. The molecule has 4 heteroatoms. The van der Waals surface area contributed by atoms with Crippen molar-refractivity contribution in [2.24, 2.45) is 0 Å². The first kappa shape index (κ1) is 12.4. The maximum atomic E-state index is 11.0. The zero-order chi connectivity index (χ0) is 10.3. The molecule has 0 rings (SSSR count). The Morgan fingerprint density at radius 3 is 2.69 bits per heavy atom. The van der Waals surface area contributed by atoms with Crippen molar-refractivity contribution in [1.82, 2.24) is 5.32 Å². The normalized spacial score (nSPS) is 15.6. The molecular formula is C9H17NO2S. The molecule has 1 N–H and O–H groups in total. The molecule has 0 fully saturated rings. The fourth-order valence-corrected chi connectivity index (χ4v) is 1.54. The molecule has 2 atom stereocenters. The lowest BCUT2D eigenvalue weighted by molar-refractivity contribution is -0.117. The van der Waals surface area contributed by atoms with Crippen molar-refractivity contribution < 1.29 is 9.00 Å². The number of hydrogen-bond donors (Lipinski definition) is 1. The molecule has 2 unspecified atom stereocenters. The lowest BCUT2D eigenvalue weighted by Crippen LogP contribution is -2.32. The summed E-state index contributed by atoms with van der Waals surface area (Å²) in [6.07, 6.45) is 5.60. The Kier molecular flexibility index (Phi) is 6.49. The molecule has 0 saturated heterocycles. The molecule has 76 valence electrons. The Morgan fingerprint density at radius 2 is 2.23 bits per heavy atom. The zero-order valence-electron chi connectivity index (χ0n) is 8.37. The van der Waals surface area contributed by atoms with Crippen LogP contribution in [0.1, 0.15) is 20.3 Å². The minimum Gasteiger partial charge on any atom is -0.350 e. The quantitative estimate of drug-likeness (QED) is 0.673. The van der Waals surface area contributed by atoms with Crippen LogP contribution in [0.25, 0.3) is 0 Å². The molecule has 0 aromatic rings. The molecule has 0 saturated carbocycles. The van der Waals surface area contributed by atoms with Crippen molar-refractivity contribution in [3.8, 4) is 0 Å². The van der Waals surface area contributed by atoms with Crippen molar-refractivity contribution in [3.05, 3.63) is 12.2 Å². The fraction of sp³-hybridized carbons (Fsp3) is 0.667. The monoisotopic (exact) mass is 203 g/mol. The van der Waals surface area contributed by atoms with Crippen LogP contribution in [0.4, 0.5) is 0 Å². The average molecular weight is 203 g/mol. The molecule has 0 bridgehead atoms. The van der Waals surface area contributed by atoms with E-state index in [1.165, 1.54) is 6.08 Å². The molecule has 0 aromatic carbocycles. The number of nitrogens with one attached hydrogen (secondary N) is 1. The number of hydrogen-bond acceptors (Lipinski definition) is 2. The third-order valence-electron chi connectivity index (χ3n) is 1.55. The Labute approximate surface area is 82.1 Å². The van der Waals surface area contributed by atoms with Crippen molar-refractivity contribution in [1.29, 1.82) is 0 Å². The number of carbonyl (C=O) groups excluding carboxylic acids is 1. The van der Waals surface area contributed by atoms with E-state index in [1.807, 2.05) is 6.92 Å². The van der Waals surface area contributed by atoms with Crippen LogP contribution in [0.15, 0.2) is 12.2 Å². The molecule has 1 amide bonds. The van der Waals surface area contributed by atoms with Gasteiger partial charge in [-0.3, -0.25) is 9.00 Å². The van der Waals surface area contributed by atoms with Crippen molar-refractivity contribution in [3.63, 3.8) is 0 Å². The largest absolute Gasteiger partial charge is 0.350 e. The molecule has 0 spiro atoms. The smallest absolute Gasteiger partial charge is 0.243 e. The third-order valence-corrected chi connectivity index (χ3v) is 2.36. The van der Waals surface area contributed by atoms with Gasteiger partial charge in [-0.05, 0) is 26.3 Å². The second kappa shape index (κ2) is 6.83. The highest BCUT2D eigenvalue weighted by Gasteiger charge is 2.04. The summed E-state index contributed by atoms with van der Waals surface area (Å²) in [5, 5.41) is 2.78. The van der Waals surface area contributed by atoms with Crippen LogP contribution in [0, 0.1) is 0 Å². The van der Waals surface area contributed by atoms with Gasteiger partial charge in [0.1, 0.15) is 0 Å². The molecular weight excluding hydrogens is 186 g/mol. The summed E-state index contributed by atoms with van der Waals surface area (Å²) in [6.45, 7) is 3.71. The lowest BCUT2D eigenvalue weighted by Gasteiger charge is -2.10. The van der Waals surface area contributed by atoms with E-state index in [0.717, 1.165) is 6.42 Å². The van der Waals surface area contributed by atoms with E-state index in [9.17, 15) is 9.00 Å². The summed E-state index contributed by atoms with van der Waals surface area (Å²) >= 11 is 0. The van der Waals surface area contributed by atoms with Gasteiger partial charge in [-0.15, -0.1) is 0 Å². The van der Waals surface area contributed by atoms with Crippen molar-refractivity contribution in [2.45, 2.75) is 26.3 Å². The number of rotatable bonds is 5. The lowest BCUT2D eigenvalue weighted by atomic mass is 10.2. The summed E-state index contributed by atoms with van der Waals surface area (Å²) in [4.78, 5) is 11.0. The molecule has 0 aliphatic heterocycles. The predicted octanol–water partition coefficient (Wildman–Crippen LogP) is 0.836. The third kappa shape index (κ3) is 7.71. The van der Waals surface area contributed by atoms with Gasteiger partial charge in [0.05, 0.1) is 0 Å². The van der Waals surface area contributed by atoms with Crippen molar-refractivity contribution in [2.75, 3.05) is 12.0 Å². The molecule has 3 nitrogen and oxygen atoms in total. The highest BCUT2D eigenvalue weighted by atomic mass is 32.2. The first-order valence-corrected chi connectivity index (χ1v) is 6.02. The van der Waals surface area contributed by atoms with Crippen molar-refractivity contribution >= 4 is 16.7 Å². The highest BCUT2D eigenvalue weighted by Crippen LogP contribution is 1.92. The topological polar surface area (TPSA) is 46.2 Å². The summed E-state index contributed by atoms with van der Waals surface area (Å²) in [5.74, 6) is 0.550. The number of allylic oxidation sites excluding steroid dienone is 1. The van der Waals surface area contributed by atoms with Gasteiger partial charge in [-0.1, -0.05) is 6.08 Å². The Bertz CT molecular complexity index is 214. The van der Waals surface area contributed by atoms with Gasteiger partial charge in [0.2, 0.25) is 5.91 Å². The maximum Gasteiger partial charge on any atom is 0.243 e. The predicted molar refractivity (Wildman–Crippen MR) is 56.0 cm³/mol. The molecule has 0 aliphatic carbocycles. The van der Waals surface area contributed by atoms with Crippen LogP contribution < -0.4 is 5.32 Å². The minimum atomic E-state index is -0.774. The van der Waals surface area contributed by atoms with Crippen LogP contribution in [0.5, 0.6) is 0 Å². The average Bonchev–Trinajstić information content (AvgIpc) is 2.01. The summed E-state index contributed by atoms with van der Waals surface area (Å²) in [6, 6.07) is 0.0904. The fourth-order valence-electron chi connectivity index (χ4n) is 0.857. The summed E-state index contributed by atoms with van der Waals surface area (Å²) in [7, 11) is -0.774. The van der Waals surface area contributed by atoms with Gasteiger partial charge < -0.3 is 5.32 Å². The standard InChI is InChI=1S/C9H17NO2S/c1-4-5-9(11)10-8(2)6-7-13(3)12/h4-5,8H,6-7H2,1-3H3,(H,10,11)/b5-4+. The Hall–Kier alpha value is -0.640. The van der Waals surface area contributed by atoms with Crippen LogP contribution in [-0.4, -0.2) is 28.2 Å². The van der Waals surface area contributed by atoms with Gasteiger partial charge in [-0.2, -0.15) is 0 Å². The first-order valence-electron chi connectivity index (χ1n) is 4.29. The second-order valence-corrected chi connectivity index (χ2v) is 4.53. The number of carbonyl (C=O) groups is 1. The molecule has 0 aromatic heterocycles. The van der Waals surface area contributed by atoms with E-state index in [4.69, 9.17) is 0 Å². The molecule has 0 radical (unpaired) electrons. The molecule has 0 heterocycles. The van der Waals surface area contributed by atoms with E-state index >= 15 is 0 Å². The van der Waals surface area contributed by atoms with E-state index in [0.29, 0.717) is 5.75 Å². The minimum absolute atomic E-state index is 0.0862. The second-order valence-electron chi connectivity index (χ2n) is 2.98. The van der Waals surface area contributed by atoms with E-state index < -0.39 is 10.8 Å². The highest BCUT2D eigenvalue weighted by molar-refractivity contribution is 7.84. The van der Waals surface area contributed by atoms with Crippen LogP contribution in [0.2, 0.25) is 0 Å². The van der Waals surface area contributed by atoms with Crippen LogP contribution >= 0.6 is 0 Å². The van der Waals surface area contributed by atoms with E-state index in [-0.39, 0.29) is 11.9 Å². The van der Waals surface area contributed by atoms with Crippen LogP contribution in [0.3, 0.4) is 0 Å². The summed E-state index contributed by atoms with van der Waals surface area (Å²) in [5.41, 5.74) is 0. The summed E-state index contributed by atoms with van der Waals surface area (Å²) < 4.78 is 10.7. The van der Waals surface area contributed by atoms with E-state index in [1.54, 1.807) is 19.3 Å². The number of amides is 1. The van der Waals surface area contributed by atoms with Gasteiger partial charge in [0, 0.05) is 28.9 Å². The Balaban J connectivity index is 3.67. The molecule has 13 heavy (non-hydrogen) atoms. The van der Waals surface area contributed by atoms with Crippen LogP contribution in [-0.2, 0) is 15.6 Å². The van der Waals surface area contributed by atoms with Gasteiger partial charge in [-0.25, -0.2) is 0 Å². The Morgan fingerprint density at radius 1 is 1.62 bits per heavy atom. The van der Waals surface area contributed by atoms with Gasteiger partial charge >= 0.3 is 0 Å². The molecule has 0 aliphatic rings. The maximum absolute atomic E-state index is 11.0. The van der Waals surface area contributed by atoms with Gasteiger partial charge in [0.15, 0.2) is 0 Å². The first-order chi connectivity index (χ1) is 6.06. The van der Waals surface area contributed by atoms with Gasteiger partial charge in [0.25, 0.3) is 0 Å². The SMILES string of the molecule is C/C=C/C(=O)NC(C)CCS(C)=O.